The minimum Gasteiger partial charge on any atom is -0.336 e. The van der Waals surface area contributed by atoms with Crippen molar-refractivity contribution in [1.29, 1.82) is 0 Å². The molecular weight excluding hydrogens is 426 g/mol. The van der Waals surface area contributed by atoms with E-state index in [1.165, 1.54) is 0 Å². The molecule has 0 unspecified atom stereocenters. The first kappa shape index (κ1) is 22.0. The van der Waals surface area contributed by atoms with Gasteiger partial charge < -0.3 is 19.7 Å². The molecule has 1 N–H and O–H groups in total. The predicted molar refractivity (Wildman–Crippen MR) is 134 cm³/mol. The minimum absolute atomic E-state index is 0.0580. The third-order valence-corrected chi connectivity index (χ3v) is 6.19. The molecule has 0 spiro atoms. The van der Waals surface area contributed by atoms with Crippen molar-refractivity contribution < 1.29 is 4.79 Å². The van der Waals surface area contributed by atoms with Gasteiger partial charge in [-0.3, -0.25) is 4.79 Å². The van der Waals surface area contributed by atoms with E-state index >= 15 is 0 Å². The van der Waals surface area contributed by atoms with E-state index in [-0.39, 0.29) is 5.91 Å². The van der Waals surface area contributed by atoms with Gasteiger partial charge >= 0.3 is 0 Å². The highest BCUT2D eigenvalue weighted by Crippen LogP contribution is 2.29. The summed E-state index contributed by atoms with van der Waals surface area (Å²) in [5.41, 5.74) is 4.27. The van der Waals surface area contributed by atoms with Crippen LogP contribution < -0.4 is 5.32 Å². The van der Waals surface area contributed by atoms with E-state index in [0.29, 0.717) is 11.5 Å². The number of anilines is 2. The Balaban J connectivity index is 1.39. The zero-order valence-corrected chi connectivity index (χ0v) is 19.6. The smallest absolute Gasteiger partial charge is 0.254 e. The summed E-state index contributed by atoms with van der Waals surface area (Å²) in [5, 5.41) is 4.35. The Labute approximate surface area is 199 Å². The highest BCUT2D eigenvalue weighted by Gasteiger charge is 2.20. The summed E-state index contributed by atoms with van der Waals surface area (Å²) in [6.07, 6.45) is 6.72. The number of nitrogens with zero attached hydrogens (tertiary/aromatic N) is 6. The Bertz CT molecular complexity index is 1310. The zero-order chi connectivity index (χ0) is 23.5. The number of hydrogen-bond acceptors (Lipinski definition) is 6. The Morgan fingerprint density at radius 3 is 2.71 bits per heavy atom. The molecule has 3 aromatic heterocycles. The average molecular weight is 456 g/mol. The number of carbonyl (C=O) groups excluding carboxylic acids is 1. The molecule has 1 aliphatic heterocycles. The van der Waals surface area contributed by atoms with E-state index in [2.05, 4.69) is 51.0 Å². The molecule has 5 rings (SSSR count). The van der Waals surface area contributed by atoms with Crippen molar-refractivity contribution in [2.24, 2.45) is 0 Å². The Hall–Kier alpha value is -3.78. The van der Waals surface area contributed by atoms with E-state index in [1.807, 2.05) is 47.5 Å². The van der Waals surface area contributed by atoms with Crippen molar-refractivity contribution in [2.75, 3.05) is 38.5 Å². The monoisotopic (exact) mass is 455 g/mol. The maximum absolute atomic E-state index is 13.0. The lowest BCUT2D eigenvalue weighted by Gasteiger charge is -2.32. The SMILES string of the molecule is CCCn1cc(-c2ccnc(Nc3cccc(C(=O)N4CCN(C)CC4)c3)n2)c2cccnc21. The Morgan fingerprint density at radius 1 is 1.03 bits per heavy atom. The molecule has 174 valence electrons. The number of fused-ring (bicyclic) bond motifs is 1. The van der Waals surface area contributed by atoms with E-state index < -0.39 is 0 Å². The normalized spacial score (nSPS) is 14.5. The number of amides is 1. The van der Waals surface area contributed by atoms with Gasteiger partial charge in [0, 0.05) is 73.5 Å². The second-order valence-electron chi connectivity index (χ2n) is 8.68. The third-order valence-electron chi connectivity index (χ3n) is 6.19. The van der Waals surface area contributed by atoms with Crippen LogP contribution in [0.1, 0.15) is 23.7 Å². The van der Waals surface area contributed by atoms with Crippen LogP contribution in [0.5, 0.6) is 0 Å². The summed E-state index contributed by atoms with van der Waals surface area (Å²) in [6, 6.07) is 13.5. The summed E-state index contributed by atoms with van der Waals surface area (Å²) in [4.78, 5) is 30.9. The maximum Gasteiger partial charge on any atom is 0.254 e. The van der Waals surface area contributed by atoms with Crippen LogP contribution in [0, 0.1) is 0 Å². The van der Waals surface area contributed by atoms with Gasteiger partial charge in [0.2, 0.25) is 5.95 Å². The first-order valence-electron chi connectivity index (χ1n) is 11.7. The summed E-state index contributed by atoms with van der Waals surface area (Å²) < 4.78 is 2.17. The van der Waals surface area contributed by atoms with Crippen LogP contribution in [-0.4, -0.2) is 68.5 Å². The van der Waals surface area contributed by atoms with E-state index in [4.69, 9.17) is 4.98 Å². The topological polar surface area (TPSA) is 79.2 Å². The van der Waals surface area contributed by atoms with Crippen molar-refractivity contribution in [3.8, 4) is 11.3 Å². The van der Waals surface area contributed by atoms with Crippen LogP contribution in [0.25, 0.3) is 22.3 Å². The predicted octanol–water partition coefficient (Wildman–Crippen LogP) is 4.03. The lowest BCUT2D eigenvalue weighted by Crippen LogP contribution is -2.47. The number of likely N-dealkylation sites (N-methyl/N-ethyl adjacent to an activating group) is 1. The maximum atomic E-state index is 13.0. The molecule has 1 fully saturated rings. The van der Waals surface area contributed by atoms with Gasteiger partial charge in [0.25, 0.3) is 5.91 Å². The fourth-order valence-corrected chi connectivity index (χ4v) is 4.36. The van der Waals surface area contributed by atoms with Crippen LogP contribution in [0.2, 0.25) is 0 Å². The summed E-state index contributed by atoms with van der Waals surface area (Å²) in [7, 11) is 2.08. The van der Waals surface area contributed by atoms with Gasteiger partial charge in [-0.15, -0.1) is 0 Å². The molecular formula is C26H29N7O. The van der Waals surface area contributed by atoms with E-state index in [0.717, 1.165) is 67.1 Å². The van der Waals surface area contributed by atoms with Crippen LogP contribution in [-0.2, 0) is 6.54 Å². The molecule has 34 heavy (non-hydrogen) atoms. The van der Waals surface area contributed by atoms with Gasteiger partial charge in [-0.2, -0.15) is 0 Å². The van der Waals surface area contributed by atoms with Gasteiger partial charge in [0.15, 0.2) is 0 Å². The first-order chi connectivity index (χ1) is 16.6. The number of hydrogen-bond donors (Lipinski definition) is 1. The molecule has 0 bridgehead atoms. The number of benzene rings is 1. The lowest BCUT2D eigenvalue weighted by atomic mass is 10.1. The number of carbonyl (C=O) groups is 1. The molecule has 1 amide bonds. The van der Waals surface area contributed by atoms with Gasteiger partial charge in [-0.1, -0.05) is 13.0 Å². The highest BCUT2D eigenvalue weighted by atomic mass is 16.2. The molecule has 0 saturated carbocycles. The van der Waals surface area contributed by atoms with E-state index in [9.17, 15) is 4.79 Å². The fourth-order valence-electron chi connectivity index (χ4n) is 4.36. The molecule has 0 radical (unpaired) electrons. The number of rotatable bonds is 6. The zero-order valence-electron chi connectivity index (χ0n) is 19.6. The van der Waals surface area contributed by atoms with Crippen molar-refractivity contribution in [3.63, 3.8) is 0 Å². The summed E-state index contributed by atoms with van der Waals surface area (Å²) >= 11 is 0. The summed E-state index contributed by atoms with van der Waals surface area (Å²) in [5.74, 6) is 0.546. The van der Waals surface area contributed by atoms with Crippen molar-refractivity contribution in [1.82, 2.24) is 29.3 Å². The molecule has 4 heterocycles. The molecule has 0 atom stereocenters. The fraction of sp³-hybridized carbons (Fsp3) is 0.308. The Morgan fingerprint density at radius 2 is 1.88 bits per heavy atom. The van der Waals surface area contributed by atoms with Crippen molar-refractivity contribution >= 4 is 28.6 Å². The number of pyridine rings is 1. The second kappa shape index (κ2) is 9.61. The number of piperazine rings is 1. The molecule has 8 nitrogen and oxygen atoms in total. The van der Waals surface area contributed by atoms with Gasteiger partial charge in [-0.05, 0) is 49.9 Å². The van der Waals surface area contributed by atoms with Gasteiger partial charge in [0.05, 0.1) is 5.69 Å². The quantitative estimate of drug-likeness (QED) is 0.473. The summed E-state index contributed by atoms with van der Waals surface area (Å²) in [6.45, 7) is 6.35. The molecule has 8 heteroatoms. The lowest BCUT2D eigenvalue weighted by molar-refractivity contribution is 0.0664. The largest absolute Gasteiger partial charge is 0.336 e. The molecule has 0 aliphatic carbocycles. The van der Waals surface area contributed by atoms with E-state index in [1.54, 1.807) is 6.20 Å². The standard InChI is InChI=1S/C26H29N7O/c1-3-12-33-18-22(21-8-5-10-27-24(21)33)23-9-11-28-26(30-23)29-20-7-4-6-19(17-20)25(34)32-15-13-31(2)14-16-32/h4-11,17-18H,3,12-16H2,1-2H3,(H,28,29,30). The Kier molecular flexibility index (Phi) is 6.22. The number of nitrogens with one attached hydrogen (secondary N) is 1. The molecule has 1 saturated heterocycles. The minimum atomic E-state index is 0.0580. The van der Waals surface area contributed by atoms with Crippen LogP contribution in [0.15, 0.2) is 61.1 Å². The van der Waals surface area contributed by atoms with Crippen molar-refractivity contribution in [3.05, 3.63) is 66.6 Å². The van der Waals surface area contributed by atoms with Gasteiger partial charge in [0.1, 0.15) is 5.65 Å². The third kappa shape index (κ3) is 4.49. The van der Waals surface area contributed by atoms with Crippen LogP contribution >= 0.6 is 0 Å². The first-order valence-corrected chi connectivity index (χ1v) is 11.7. The molecule has 1 aliphatic rings. The molecule has 4 aromatic rings. The molecule has 1 aromatic carbocycles. The average Bonchev–Trinajstić information content (AvgIpc) is 3.23. The van der Waals surface area contributed by atoms with Crippen molar-refractivity contribution in [2.45, 2.75) is 19.9 Å². The van der Waals surface area contributed by atoms with Crippen LogP contribution in [0.3, 0.4) is 0 Å². The number of aromatic nitrogens is 4. The van der Waals surface area contributed by atoms with Crippen LogP contribution in [0.4, 0.5) is 11.6 Å². The van der Waals surface area contributed by atoms with Gasteiger partial charge in [-0.25, -0.2) is 15.0 Å². The second-order valence-corrected chi connectivity index (χ2v) is 8.68. The highest BCUT2D eigenvalue weighted by molar-refractivity contribution is 5.95. The number of aryl methyl sites for hydroxylation is 1.